The van der Waals surface area contributed by atoms with Gasteiger partial charge in [-0.1, -0.05) is 53.2 Å². The zero-order chi connectivity index (χ0) is 34.3. The van der Waals surface area contributed by atoms with Crippen LogP contribution >= 0.6 is 23.4 Å². The average molecular weight is 717 g/mol. The molecule has 4 nitrogen and oxygen atoms in total. The Balaban J connectivity index is 0.000000349. The molecule has 0 saturated heterocycles. The first-order valence-electron chi connectivity index (χ1n) is 14.4. The Morgan fingerprint density at radius 2 is 1.08 bits per heavy atom. The lowest BCUT2D eigenvalue weighted by atomic mass is 10.0. The molecule has 0 aliphatic heterocycles. The quantitative estimate of drug-likeness (QED) is 0.0891. The second-order valence-electron chi connectivity index (χ2n) is 10.4. The maximum Gasteiger partial charge on any atom is 0.194 e. The third-order valence-electron chi connectivity index (χ3n) is 6.94. The number of aryl methyl sites for hydroxylation is 1. The number of ketones is 1. The predicted molar refractivity (Wildman–Crippen MR) is 186 cm³/mol. The zero-order valence-corrected chi connectivity index (χ0v) is 28.6. The van der Waals surface area contributed by atoms with E-state index in [4.69, 9.17) is 11.6 Å². The molecular weight excluding hydrogens is 690 g/mol. The smallest absolute Gasteiger partial charge is 0.194 e. The van der Waals surface area contributed by atoms with E-state index in [-0.39, 0.29) is 22.3 Å². The van der Waals surface area contributed by atoms with Gasteiger partial charge in [0.2, 0.25) is 0 Å². The largest absolute Gasteiger partial charge is 0.744 e. The summed E-state index contributed by atoms with van der Waals surface area (Å²) in [6, 6.07) is 41.3. The van der Waals surface area contributed by atoms with Crippen LogP contribution in [0.15, 0.2) is 175 Å². The highest BCUT2D eigenvalue weighted by atomic mass is 35.5. The number of hydrogen-bond acceptors (Lipinski definition) is 5. The molecule has 6 rings (SSSR count). The standard InChI is InChI=1S/C31H20ClF2OS2.C7H8O3S/c32-30-4-2-1-3-29(30)31(35)21-5-11-24(12-6-21)36-25-13-19-28(20-14-25)37(26-15-7-22(33)8-16-26)27-17-9-23(34)10-18-27;1-6-2-4-7(5-3-6)11(8,9)10/h1-20H;2-5H,1H3,(H,8,9,10)/q+1;/p-1. The highest BCUT2D eigenvalue weighted by Gasteiger charge is 2.28. The Labute approximate surface area is 290 Å². The minimum atomic E-state index is -4.27. The molecule has 48 heavy (non-hydrogen) atoms. The first-order valence-corrected chi connectivity index (χ1v) is 18.3. The van der Waals surface area contributed by atoms with E-state index >= 15 is 0 Å². The van der Waals surface area contributed by atoms with Gasteiger partial charge in [0.15, 0.2) is 20.5 Å². The summed E-state index contributed by atoms with van der Waals surface area (Å²) in [6.07, 6.45) is 0. The van der Waals surface area contributed by atoms with Gasteiger partial charge in [-0.15, -0.1) is 0 Å². The van der Waals surface area contributed by atoms with Gasteiger partial charge in [-0.25, -0.2) is 17.2 Å². The second-order valence-corrected chi connectivity index (χ2v) is 15.3. The molecule has 0 unspecified atom stereocenters. The number of hydrogen-bond donors (Lipinski definition) is 0. The van der Waals surface area contributed by atoms with Crippen LogP contribution in [0, 0.1) is 18.6 Å². The molecule has 0 bridgehead atoms. The van der Waals surface area contributed by atoms with Gasteiger partial charge in [0, 0.05) is 20.9 Å². The van der Waals surface area contributed by atoms with E-state index in [1.807, 2.05) is 55.5 Å². The molecule has 0 aromatic heterocycles. The molecule has 0 spiro atoms. The Kier molecular flexibility index (Phi) is 11.5. The topological polar surface area (TPSA) is 74.3 Å². The van der Waals surface area contributed by atoms with Crippen LogP contribution in [-0.4, -0.2) is 18.8 Å². The van der Waals surface area contributed by atoms with E-state index in [0.29, 0.717) is 16.1 Å². The van der Waals surface area contributed by atoms with Crippen molar-refractivity contribution in [2.24, 2.45) is 0 Å². The lowest BCUT2D eigenvalue weighted by Crippen LogP contribution is -2.05. The maximum atomic E-state index is 13.6. The van der Waals surface area contributed by atoms with E-state index in [1.165, 1.54) is 36.4 Å². The minimum Gasteiger partial charge on any atom is -0.744 e. The fourth-order valence-corrected chi connectivity index (χ4v) is 8.06. The van der Waals surface area contributed by atoms with Crippen LogP contribution in [0.2, 0.25) is 5.02 Å². The number of rotatable bonds is 8. The summed E-state index contributed by atoms with van der Waals surface area (Å²) in [5.41, 5.74) is 1.99. The van der Waals surface area contributed by atoms with Crippen LogP contribution in [0.1, 0.15) is 21.5 Å². The zero-order valence-electron chi connectivity index (χ0n) is 25.3. The van der Waals surface area contributed by atoms with Crippen LogP contribution in [-0.2, 0) is 21.0 Å². The number of benzene rings is 6. The van der Waals surface area contributed by atoms with Crippen molar-refractivity contribution < 1.29 is 26.5 Å². The molecule has 0 radical (unpaired) electrons. The van der Waals surface area contributed by atoms with Gasteiger partial charge in [-0.2, -0.15) is 0 Å². The van der Waals surface area contributed by atoms with Crippen molar-refractivity contribution in [3.63, 3.8) is 0 Å². The highest BCUT2D eigenvalue weighted by molar-refractivity contribution is 7.99. The number of carbonyl (C=O) groups is 1. The van der Waals surface area contributed by atoms with Crippen molar-refractivity contribution in [2.45, 2.75) is 36.3 Å². The van der Waals surface area contributed by atoms with Crippen molar-refractivity contribution in [3.8, 4) is 0 Å². The molecule has 0 saturated carbocycles. The lowest BCUT2D eigenvalue weighted by Gasteiger charge is -2.09. The Bertz CT molecular complexity index is 2060. The van der Waals surface area contributed by atoms with Crippen LogP contribution in [0.4, 0.5) is 8.78 Å². The Hall–Kier alpha value is -4.25. The summed E-state index contributed by atoms with van der Waals surface area (Å²) in [5, 5.41) is 0.436. The number of halogens is 3. The van der Waals surface area contributed by atoms with Gasteiger partial charge in [0.05, 0.1) is 20.8 Å². The molecule has 0 aliphatic rings. The van der Waals surface area contributed by atoms with Crippen LogP contribution in [0.25, 0.3) is 0 Å². The van der Waals surface area contributed by atoms with E-state index in [9.17, 15) is 26.5 Å². The van der Waals surface area contributed by atoms with Crippen LogP contribution in [0.5, 0.6) is 0 Å². The maximum absolute atomic E-state index is 13.6. The third kappa shape index (κ3) is 9.21. The van der Waals surface area contributed by atoms with E-state index in [2.05, 4.69) is 0 Å². The van der Waals surface area contributed by atoms with Gasteiger partial charge >= 0.3 is 0 Å². The predicted octanol–water partition coefficient (Wildman–Crippen LogP) is 9.99. The molecule has 6 aromatic rings. The molecule has 242 valence electrons. The van der Waals surface area contributed by atoms with Crippen molar-refractivity contribution in [1.82, 2.24) is 0 Å². The average Bonchev–Trinajstić information content (AvgIpc) is 3.08. The van der Waals surface area contributed by atoms with Gasteiger partial charge in [-0.05, 0) is 128 Å². The summed E-state index contributed by atoms with van der Waals surface area (Å²) < 4.78 is 58.3. The summed E-state index contributed by atoms with van der Waals surface area (Å²) in [5.74, 6) is -0.699. The van der Waals surface area contributed by atoms with Crippen molar-refractivity contribution in [2.75, 3.05) is 0 Å². The van der Waals surface area contributed by atoms with Gasteiger partial charge in [0.25, 0.3) is 0 Å². The van der Waals surface area contributed by atoms with E-state index < -0.39 is 21.0 Å². The van der Waals surface area contributed by atoms with Crippen LogP contribution in [0.3, 0.4) is 0 Å². The summed E-state index contributed by atoms with van der Waals surface area (Å²) in [6.45, 7) is 1.82. The molecular formula is C38H27ClF2O4S3. The normalized spacial score (nSPS) is 11.1. The molecule has 0 amide bonds. The van der Waals surface area contributed by atoms with Gasteiger partial charge in [0.1, 0.15) is 21.8 Å². The molecule has 0 fully saturated rings. The number of carbonyl (C=O) groups excluding carboxylic acids is 1. The fourth-order valence-electron chi connectivity index (χ4n) is 4.51. The SMILES string of the molecule is Cc1ccc(S(=O)(=O)[O-])cc1.O=C(c1ccc(Sc2ccc([S+](c3ccc(F)cc3)c3ccc(F)cc3)cc2)cc1)c1ccccc1Cl. The lowest BCUT2D eigenvalue weighted by molar-refractivity contribution is 0.103. The highest BCUT2D eigenvalue weighted by Crippen LogP contribution is 2.34. The Morgan fingerprint density at radius 3 is 1.54 bits per heavy atom. The van der Waals surface area contributed by atoms with Gasteiger partial charge in [-0.3, -0.25) is 4.79 Å². The molecule has 10 heteroatoms. The first-order chi connectivity index (χ1) is 23.0. The molecule has 0 heterocycles. The molecule has 6 aromatic carbocycles. The van der Waals surface area contributed by atoms with Crippen LogP contribution < -0.4 is 0 Å². The summed E-state index contributed by atoms with van der Waals surface area (Å²) in [4.78, 5) is 17.6. The summed E-state index contributed by atoms with van der Waals surface area (Å²) >= 11 is 7.77. The fraction of sp³-hybridized carbons (Fsp3) is 0.0263. The third-order valence-corrected chi connectivity index (χ3v) is 11.4. The Morgan fingerprint density at radius 1 is 0.646 bits per heavy atom. The van der Waals surface area contributed by atoms with Crippen molar-refractivity contribution >= 4 is 50.2 Å². The van der Waals surface area contributed by atoms with E-state index in [1.54, 1.807) is 72.4 Å². The second kappa shape index (κ2) is 15.8. The first kappa shape index (κ1) is 35.1. The monoisotopic (exact) mass is 716 g/mol. The van der Waals surface area contributed by atoms with Crippen molar-refractivity contribution in [1.29, 1.82) is 0 Å². The molecule has 0 atom stereocenters. The summed E-state index contributed by atoms with van der Waals surface area (Å²) in [7, 11) is -4.78. The van der Waals surface area contributed by atoms with Gasteiger partial charge < -0.3 is 4.55 Å². The van der Waals surface area contributed by atoms with Crippen molar-refractivity contribution in [3.05, 3.63) is 179 Å². The molecule has 0 N–H and O–H groups in total. The minimum absolute atomic E-state index is 0.111. The van der Waals surface area contributed by atoms with E-state index in [0.717, 1.165) is 30.0 Å². The molecule has 0 aliphatic carbocycles.